The molecule has 2 saturated carbocycles. The second-order valence-electron chi connectivity index (χ2n) is 8.29. The summed E-state index contributed by atoms with van der Waals surface area (Å²) in [5.41, 5.74) is 1.86. The van der Waals surface area contributed by atoms with Crippen molar-refractivity contribution in [3.8, 4) is 0 Å². The van der Waals surface area contributed by atoms with Gasteiger partial charge in [0.25, 0.3) is 5.91 Å². The summed E-state index contributed by atoms with van der Waals surface area (Å²) in [7, 11) is 0. The fourth-order valence-corrected chi connectivity index (χ4v) is 4.85. The van der Waals surface area contributed by atoms with Crippen LogP contribution in [0.2, 0.25) is 0 Å². The van der Waals surface area contributed by atoms with Gasteiger partial charge in [0.1, 0.15) is 5.78 Å². The Hall–Kier alpha value is -2.37. The molecule has 6 heteroatoms. The van der Waals surface area contributed by atoms with Crippen LogP contribution in [0.15, 0.2) is 24.3 Å². The molecule has 1 amide bonds. The number of fused-ring (bicyclic) bond motifs is 2. The topological polar surface area (TPSA) is 75.7 Å². The van der Waals surface area contributed by atoms with Crippen LogP contribution in [0.1, 0.15) is 44.9 Å². The molecule has 1 saturated heterocycles. The summed E-state index contributed by atoms with van der Waals surface area (Å²) in [5, 5.41) is 2.78. The summed E-state index contributed by atoms with van der Waals surface area (Å²) < 4.78 is 5.25. The van der Waals surface area contributed by atoms with E-state index in [-0.39, 0.29) is 36.2 Å². The zero-order valence-corrected chi connectivity index (χ0v) is 16.2. The number of ether oxygens (including phenoxy) is 1. The Balaban J connectivity index is 1.24. The maximum atomic E-state index is 12.4. The zero-order chi connectivity index (χ0) is 19.5. The first-order chi connectivity index (χ1) is 13.6. The van der Waals surface area contributed by atoms with E-state index in [0.717, 1.165) is 32.4 Å². The maximum absolute atomic E-state index is 12.4. The number of nitrogens with one attached hydrogen (secondary N) is 1. The van der Waals surface area contributed by atoms with E-state index in [4.69, 9.17) is 4.74 Å². The van der Waals surface area contributed by atoms with Gasteiger partial charge in [0, 0.05) is 36.3 Å². The number of hydrogen-bond acceptors (Lipinski definition) is 5. The SMILES string of the molecule is O=C(COC(=O)C1C[C@@H]2CCC[C@@H](C1)C2=O)Nc1ccc(N2CCCC2)cc1. The van der Waals surface area contributed by atoms with Gasteiger partial charge in [-0.3, -0.25) is 14.4 Å². The highest BCUT2D eigenvalue weighted by molar-refractivity contribution is 5.93. The lowest BCUT2D eigenvalue weighted by Gasteiger charge is -2.36. The second-order valence-corrected chi connectivity index (χ2v) is 8.29. The largest absolute Gasteiger partial charge is 0.455 e. The van der Waals surface area contributed by atoms with Crippen LogP contribution in [0, 0.1) is 17.8 Å². The van der Waals surface area contributed by atoms with Gasteiger partial charge in [-0.1, -0.05) is 6.42 Å². The van der Waals surface area contributed by atoms with Crippen LogP contribution in [-0.4, -0.2) is 37.4 Å². The van der Waals surface area contributed by atoms with Gasteiger partial charge in [0.2, 0.25) is 0 Å². The summed E-state index contributed by atoms with van der Waals surface area (Å²) in [6.07, 6.45) is 6.43. The Bertz CT molecular complexity index is 723. The van der Waals surface area contributed by atoms with E-state index in [0.29, 0.717) is 24.3 Å². The minimum absolute atomic E-state index is 0.00741. The molecular weight excluding hydrogens is 356 g/mol. The van der Waals surface area contributed by atoms with Crippen LogP contribution in [-0.2, 0) is 19.1 Å². The number of nitrogens with zero attached hydrogens (tertiary/aromatic N) is 1. The Morgan fingerprint density at radius 3 is 2.29 bits per heavy atom. The van der Waals surface area contributed by atoms with E-state index < -0.39 is 0 Å². The lowest BCUT2D eigenvalue weighted by atomic mass is 9.67. The first-order valence-electron chi connectivity index (χ1n) is 10.5. The summed E-state index contributed by atoms with van der Waals surface area (Å²) in [4.78, 5) is 39.0. The molecule has 3 fully saturated rings. The molecule has 4 rings (SSSR count). The molecule has 1 heterocycles. The van der Waals surface area contributed by atoms with Crippen molar-refractivity contribution in [2.45, 2.75) is 44.9 Å². The Morgan fingerprint density at radius 1 is 1.00 bits per heavy atom. The molecular formula is C22H28N2O4. The molecule has 6 nitrogen and oxygen atoms in total. The Morgan fingerprint density at radius 2 is 1.64 bits per heavy atom. The molecule has 0 aromatic heterocycles. The van der Waals surface area contributed by atoms with Crippen molar-refractivity contribution < 1.29 is 19.1 Å². The highest BCUT2D eigenvalue weighted by Gasteiger charge is 2.41. The van der Waals surface area contributed by atoms with Crippen LogP contribution in [0.25, 0.3) is 0 Å². The van der Waals surface area contributed by atoms with Gasteiger partial charge < -0.3 is 15.0 Å². The van der Waals surface area contributed by atoms with Crippen molar-refractivity contribution in [3.63, 3.8) is 0 Å². The third-order valence-electron chi connectivity index (χ3n) is 6.35. The fourth-order valence-electron chi connectivity index (χ4n) is 4.85. The predicted octanol–water partition coefficient (Wildman–Crippen LogP) is 3.16. The first kappa shape index (κ1) is 19.0. The molecule has 1 aromatic carbocycles. The quantitative estimate of drug-likeness (QED) is 0.789. The van der Waals surface area contributed by atoms with Gasteiger partial charge >= 0.3 is 5.97 Å². The molecule has 150 valence electrons. The van der Waals surface area contributed by atoms with Crippen molar-refractivity contribution in [1.82, 2.24) is 0 Å². The average Bonchev–Trinajstić information content (AvgIpc) is 3.21. The van der Waals surface area contributed by atoms with Crippen LogP contribution in [0.3, 0.4) is 0 Å². The molecule has 28 heavy (non-hydrogen) atoms. The third-order valence-corrected chi connectivity index (χ3v) is 6.35. The van der Waals surface area contributed by atoms with Crippen molar-refractivity contribution in [3.05, 3.63) is 24.3 Å². The number of anilines is 2. The van der Waals surface area contributed by atoms with E-state index in [1.54, 1.807) is 0 Å². The number of Topliss-reactive ketones (excluding diaryl/α,β-unsaturated/α-hetero) is 1. The van der Waals surface area contributed by atoms with Crippen molar-refractivity contribution in [1.29, 1.82) is 0 Å². The molecule has 2 bridgehead atoms. The second kappa shape index (κ2) is 8.33. The monoisotopic (exact) mass is 384 g/mol. The number of esters is 1. The number of hydrogen-bond donors (Lipinski definition) is 1. The van der Waals surface area contributed by atoms with Crippen LogP contribution in [0.5, 0.6) is 0 Å². The normalized spacial score (nSPS) is 26.8. The molecule has 1 aliphatic heterocycles. The van der Waals surface area contributed by atoms with Crippen LogP contribution >= 0.6 is 0 Å². The molecule has 0 spiro atoms. The van der Waals surface area contributed by atoms with Crippen molar-refractivity contribution in [2.24, 2.45) is 17.8 Å². The maximum Gasteiger partial charge on any atom is 0.309 e. The smallest absolute Gasteiger partial charge is 0.309 e. The number of amides is 1. The Kier molecular flexibility index (Phi) is 5.64. The van der Waals surface area contributed by atoms with E-state index in [9.17, 15) is 14.4 Å². The fraction of sp³-hybridized carbons (Fsp3) is 0.591. The van der Waals surface area contributed by atoms with Gasteiger partial charge in [-0.05, 0) is 62.8 Å². The lowest BCUT2D eigenvalue weighted by Crippen LogP contribution is -2.40. The molecule has 0 radical (unpaired) electrons. The van der Waals surface area contributed by atoms with E-state index in [2.05, 4.69) is 10.2 Å². The highest BCUT2D eigenvalue weighted by Crippen LogP contribution is 2.40. The zero-order valence-electron chi connectivity index (χ0n) is 16.2. The van der Waals surface area contributed by atoms with Gasteiger partial charge in [0.05, 0.1) is 5.92 Å². The number of carbonyl (C=O) groups excluding carboxylic acids is 3. The van der Waals surface area contributed by atoms with Crippen LogP contribution < -0.4 is 10.2 Å². The summed E-state index contributed by atoms with van der Waals surface area (Å²) in [6.45, 7) is 1.87. The van der Waals surface area contributed by atoms with E-state index in [1.807, 2.05) is 24.3 Å². The number of benzene rings is 1. The van der Waals surface area contributed by atoms with E-state index in [1.165, 1.54) is 18.5 Å². The van der Waals surface area contributed by atoms with Gasteiger partial charge in [-0.2, -0.15) is 0 Å². The molecule has 3 aliphatic rings. The standard InChI is InChI=1S/C22H28N2O4/c25-20(23-18-6-8-19(9-7-18)24-10-1-2-11-24)14-28-22(27)17-12-15-4-3-5-16(13-17)21(15)26/h6-9,15-17H,1-5,10-14H2,(H,23,25)/t15-,16-/m0/s1. The lowest BCUT2D eigenvalue weighted by molar-refractivity contribution is -0.155. The first-order valence-corrected chi connectivity index (χ1v) is 10.5. The number of carbonyl (C=O) groups is 3. The Labute approximate surface area is 165 Å². The number of rotatable bonds is 5. The predicted molar refractivity (Wildman–Crippen MR) is 106 cm³/mol. The third kappa shape index (κ3) is 4.21. The number of ketones is 1. The summed E-state index contributed by atoms with van der Waals surface area (Å²) in [6, 6.07) is 7.76. The molecule has 2 atom stereocenters. The minimum Gasteiger partial charge on any atom is -0.455 e. The molecule has 1 aromatic rings. The van der Waals surface area contributed by atoms with Crippen LogP contribution in [0.4, 0.5) is 11.4 Å². The van der Waals surface area contributed by atoms with Gasteiger partial charge in [-0.25, -0.2) is 0 Å². The van der Waals surface area contributed by atoms with Crippen molar-refractivity contribution >= 4 is 29.0 Å². The molecule has 0 unspecified atom stereocenters. The molecule has 2 aliphatic carbocycles. The molecule has 1 N–H and O–H groups in total. The van der Waals surface area contributed by atoms with Crippen molar-refractivity contribution in [2.75, 3.05) is 29.9 Å². The average molecular weight is 384 g/mol. The van der Waals surface area contributed by atoms with E-state index >= 15 is 0 Å². The highest BCUT2D eigenvalue weighted by atomic mass is 16.5. The van der Waals surface area contributed by atoms with Gasteiger partial charge in [0.15, 0.2) is 6.61 Å². The minimum atomic E-state index is -0.344. The summed E-state index contributed by atoms with van der Waals surface area (Å²) >= 11 is 0. The van der Waals surface area contributed by atoms with Gasteiger partial charge in [-0.15, -0.1) is 0 Å². The summed E-state index contributed by atoms with van der Waals surface area (Å²) in [5.74, 6) is -0.592.